The maximum atomic E-state index is 5.79. The summed E-state index contributed by atoms with van der Waals surface area (Å²) < 4.78 is 5.79. The predicted octanol–water partition coefficient (Wildman–Crippen LogP) is 2.19. The molecule has 0 spiro atoms. The van der Waals surface area contributed by atoms with Crippen LogP contribution in [0.15, 0.2) is 0 Å². The molecule has 0 aromatic carbocycles. The van der Waals surface area contributed by atoms with E-state index in [4.69, 9.17) is 4.74 Å². The van der Waals surface area contributed by atoms with E-state index in [-0.39, 0.29) is 0 Å². The minimum atomic E-state index is 0.459. The summed E-state index contributed by atoms with van der Waals surface area (Å²) >= 11 is 0. The summed E-state index contributed by atoms with van der Waals surface area (Å²) in [4.78, 5) is 0. The summed E-state index contributed by atoms with van der Waals surface area (Å²) in [7, 11) is 0. The highest BCUT2D eigenvalue weighted by Gasteiger charge is 2.35. The van der Waals surface area contributed by atoms with E-state index in [1.807, 2.05) is 0 Å². The van der Waals surface area contributed by atoms with Crippen LogP contribution in [0, 0.1) is 11.3 Å². The Hall–Kier alpha value is -0.0800. The third kappa shape index (κ3) is 2.29. The first-order valence-corrected chi connectivity index (χ1v) is 6.02. The molecule has 1 saturated heterocycles. The molecular formula is C12H23NO. The highest BCUT2D eigenvalue weighted by Crippen LogP contribution is 2.45. The highest BCUT2D eigenvalue weighted by atomic mass is 16.5. The lowest BCUT2D eigenvalue weighted by Crippen LogP contribution is -2.43. The van der Waals surface area contributed by atoms with Gasteiger partial charge in [0.2, 0.25) is 0 Å². The molecule has 0 bridgehead atoms. The summed E-state index contributed by atoms with van der Waals surface area (Å²) in [6.07, 6.45) is 6.10. The first-order chi connectivity index (χ1) is 6.70. The summed E-state index contributed by atoms with van der Waals surface area (Å²) in [6, 6.07) is 0. The van der Waals surface area contributed by atoms with Crippen molar-refractivity contribution in [2.45, 2.75) is 45.6 Å². The largest absolute Gasteiger partial charge is 0.375 e. The lowest BCUT2D eigenvalue weighted by molar-refractivity contribution is -0.0256. The third-order valence-electron chi connectivity index (χ3n) is 3.97. The quantitative estimate of drug-likeness (QED) is 0.749. The van der Waals surface area contributed by atoms with Gasteiger partial charge in [-0.05, 0) is 30.6 Å². The molecule has 2 atom stereocenters. The molecule has 82 valence electrons. The van der Waals surface area contributed by atoms with E-state index < -0.39 is 0 Å². The molecule has 0 aromatic heterocycles. The number of morpholine rings is 1. The SMILES string of the molecule is CC(CC1(C)CCC1)C1CNCCO1. The molecule has 1 N–H and O–H groups in total. The van der Waals surface area contributed by atoms with Crippen molar-refractivity contribution < 1.29 is 4.74 Å². The van der Waals surface area contributed by atoms with Crippen LogP contribution in [0.25, 0.3) is 0 Å². The number of rotatable bonds is 3. The fourth-order valence-corrected chi connectivity index (χ4v) is 2.84. The fourth-order valence-electron chi connectivity index (χ4n) is 2.84. The molecule has 1 aliphatic carbocycles. The van der Waals surface area contributed by atoms with Crippen molar-refractivity contribution in [3.63, 3.8) is 0 Å². The smallest absolute Gasteiger partial charge is 0.0725 e. The minimum absolute atomic E-state index is 0.459. The average molecular weight is 197 g/mol. The average Bonchev–Trinajstić information content (AvgIpc) is 2.17. The molecule has 0 aromatic rings. The van der Waals surface area contributed by atoms with Gasteiger partial charge in [-0.1, -0.05) is 20.3 Å². The Morgan fingerprint density at radius 3 is 2.79 bits per heavy atom. The number of nitrogens with one attached hydrogen (secondary N) is 1. The molecule has 2 unspecified atom stereocenters. The van der Waals surface area contributed by atoms with E-state index >= 15 is 0 Å². The second kappa shape index (κ2) is 4.19. The van der Waals surface area contributed by atoms with Crippen LogP contribution in [0.5, 0.6) is 0 Å². The molecule has 2 aliphatic rings. The van der Waals surface area contributed by atoms with Crippen LogP contribution in [0.3, 0.4) is 0 Å². The van der Waals surface area contributed by atoms with E-state index in [9.17, 15) is 0 Å². The van der Waals surface area contributed by atoms with Crippen molar-refractivity contribution in [1.82, 2.24) is 5.32 Å². The zero-order valence-electron chi connectivity index (χ0n) is 9.51. The van der Waals surface area contributed by atoms with Gasteiger partial charge < -0.3 is 10.1 Å². The normalized spacial score (nSPS) is 33.4. The Kier molecular flexibility index (Phi) is 3.13. The number of ether oxygens (including phenoxy) is 1. The van der Waals surface area contributed by atoms with Crippen LogP contribution >= 0.6 is 0 Å². The van der Waals surface area contributed by atoms with Crippen molar-refractivity contribution >= 4 is 0 Å². The van der Waals surface area contributed by atoms with Crippen molar-refractivity contribution in [2.75, 3.05) is 19.7 Å². The second-order valence-corrected chi connectivity index (χ2v) is 5.46. The van der Waals surface area contributed by atoms with Crippen LogP contribution in [0.4, 0.5) is 0 Å². The third-order valence-corrected chi connectivity index (χ3v) is 3.97. The summed E-state index contributed by atoms with van der Waals surface area (Å²) in [5.41, 5.74) is 0.639. The van der Waals surface area contributed by atoms with E-state index in [1.165, 1.54) is 25.7 Å². The zero-order valence-corrected chi connectivity index (χ0v) is 9.51. The second-order valence-electron chi connectivity index (χ2n) is 5.46. The maximum absolute atomic E-state index is 5.79. The van der Waals surface area contributed by atoms with Gasteiger partial charge in [-0.15, -0.1) is 0 Å². The highest BCUT2D eigenvalue weighted by molar-refractivity contribution is 4.87. The van der Waals surface area contributed by atoms with Gasteiger partial charge in [0.25, 0.3) is 0 Å². The van der Waals surface area contributed by atoms with Gasteiger partial charge in [-0.25, -0.2) is 0 Å². The molecule has 2 heteroatoms. The van der Waals surface area contributed by atoms with Crippen LogP contribution in [0.1, 0.15) is 39.5 Å². The standard InChI is InChI=1S/C12H23NO/c1-10(8-12(2)4-3-5-12)11-9-13-6-7-14-11/h10-11,13H,3-9H2,1-2H3. The Balaban J connectivity index is 1.78. The maximum Gasteiger partial charge on any atom is 0.0725 e. The molecule has 2 nitrogen and oxygen atoms in total. The lowest BCUT2D eigenvalue weighted by atomic mass is 9.65. The van der Waals surface area contributed by atoms with Crippen molar-refractivity contribution in [2.24, 2.45) is 11.3 Å². The minimum Gasteiger partial charge on any atom is -0.375 e. The first kappa shape index (κ1) is 10.4. The van der Waals surface area contributed by atoms with Crippen molar-refractivity contribution in [3.8, 4) is 0 Å². The Bertz CT molecular complexity index is 183. The molecule has 0 amide bonds. The van der Waals surface area contributed by atoms with Crippen LogP contribution in [-0.2, 0) is 4.74 Å². The van der Waals surface area contributed by atoms with Crippen LogP contribution in [-0.4, -0.2) is 25.8 Å². The van der Waals surface area contributed by atoms with Gasteiger partial charge >= 0.3 is 0 Å². The van der Waals surface area contributed by atoms with Gasteiger partial charge in [-0.2, -0.15) is 0 Å². The topological polar surface area (TPSA) is 21.3 Å². The molecule has 2 fully saturated rings. The van der Waals surface area contributed by atoms with Crippen LogP contribution in [0.2, 0.25) is 0 Å². The lowest BCUT2D eigenvalue weighted by Gasteiger charge is -2.42. The number of hydrogen-bond acceptors (Lipinski definition) is 2. The van der Waals surface area contributed by atoms with E-state index in [2.05, 4.69) is 19.2 Å². The zero-order chi connectivity index (χ0) is 10.0. The van der Waals surface area contributed by atoms with Crippen molar-refractivity contribution in [1.29, 1.82) is 0 Å². The van der Waals surface area contributed by atoms with E-state index in [0.29, 0.717) is 17.4 Å². The molecule has 1 aliphatic heterocycles. The molecule has 0 radical (unpaired) electrons. The Labute approximate surface area is 87.4 Å². The van der Waals surface area contributed by atoms with Gasteiger partial charge in [-0.3, -0.25) is 0 Å². The van der Waals surface area contributed by atoms with Crippen molar-refractivity contribution in [3.05, 3.63) is 0 Å². The van der Waals surface area contributed by atoms with Gasteiger partial charge in [0, 0.05) is 13.1 Å². The van der Waals surface area contributed by atoms with Gasteiger partial charge in [0.05, 0.1) is 12.7 Å². The predicted molar refractivity (Wildman–Crippen MR) is 58.3 cm³/mol. The van der Waals surface area contributed by atoms with E-state index in [0.717, 1.165) is 19.7 Å². The summed E-state index contributed by atoms with van der Waals surface area (Å²) in [6.45, 7) is 7.76. The molecule has 14 heavy (non-hydrogen) atoms. The fraction of sp³-hybridized carbons (Fsp3) is 1.00. The van der Waals surface area contributed by atoms with Gasteiger partial charge in [0.15, 0.2) is 0 Å². The summed E-state index contributed by atoms with van der Waals surface area (Å²) in [5.74, 6) is 0.716. The monoisotopic (exact) mass is 197 g/mol. The Morgan fingerprint density at radius 2 is 2.29 bits per heavy atom. The van der Waals surface area contributed by atoms with Gasteiger partial charge in [0.1, 0.15) is 0 Å². The molecule has 1 saturated carbocycles. The van der Waals surface area contributed by atoms with Crippen LogP contribution < -0.4 is 5.32 Å². The molecule has 2 rings (SSSR count). The number of hydrogen-bond donors (Lipinski definition) is 1. The first-order valence-electron chi connectivity index (χ1n) is 6.02. The van der Waals surface area contributed by atoms with E-state index in [1.54, 1.807) is 0 Å². The molecule has 1 heterocycles. The summed E-state index contributed by atoms with van der Waals surface area (Å²) in [5, 5.41) is 3.41. The molecular weight excluding hydrogens is 174 g/mol. The Morgan fingerprint density at radius 1 is 1.50 bits per heavy atom.